The number of rotatable bonds is 5. The van der Waals surface area contributed by atoms with Crippen molar-refractivity contribution in [1.82, 2.24) is 4.98 Å². The Morgan fingerprint density at radius 3 is 2.69 bits per heavy atom. The second kappa shape index (κ2) is 8.09. The zero-order valence-electron chi connectivity index (χ0n) is 15.7. The predicted molar refractivity (Wildman–Crippen MR) is 112 cm³/mol. The second-order valence-electron chi connectivity index (χ2n) is 6.78. The van der Waals surface area contributed by atoms with Crippen LogP contribution in [-0.2, 0) is 17.6 Å². The van der Waals surface area contributed by atoms with Gasteiger partial charge in [0.05, 0.1) is 22.8 Å². The molecule has 6 heteroatoms. The lowest BCUT2D eigenvalue weighted by Gasteiger charge is -2.06. The van der Waals surface area contributed by atoms with Crippen molar-refractivity contribution in [2.75, 3.05) is 5.32 Å². The summed E-state index contributed by atoms with van der Waals surface area (Å²) in [6.45, 7) is 1.87. The number of hydrogen-bond acceptors (Lipinski definition) is 3. The number of carbonyl (C=O) groups is 1. The number of thiazole rings is 1. The summed E-state index contributed by atoms with van der Waals surface area (Å²) in [5, 5.41) is 5.79. The van der Waals surface area contributed by atoms with Crippen molar-refractivity contribution in [3.8, 4) is 0 Å². The van der Waals surface area contributed by atoms with Crippen LogP contribution in [0.1, 0.15) is 21.1 Å². The van der Waals surface area contributed by atoms with Crippen LogP contribution in [0, 0.1) is 18.6 Å². The van der Waals surface area contributed by atoms with Gasteiger partial charge in [-0.25, -0.2) is 13.8 Å². The molecule has 1 N–H and O–H groups in total. The number of nitrogens with one attached hydrogen (secondary N) is 1. The Labute approximate surface area is 171 Å². The van der Waals surface area contributed by atoms with Crippen LogP contribution >= 0.6 is 11.3 Å². The molecule has 1 amide bonds. The quantitative estimate of drug-likeness (QED) is 0.463. The molecule has 0 aliphatic rings. The molecule has 0 fully saturated rings. The number of fused-ring (bicyclic) bond motifs is 1. The number of hydrogen-bond donors (Lipinski definition) is 1. The Kier molecular flexibility index (Phi) is 5.36. The molecule has 29 heavy (non-hydrogen) atoms. The van der Waals surface area contributed by atoms with Crippen molar-refractivity contribution in [3.05, 3.63) is 93.4 Å². The lowest BCUT2D eigenvalue weighted by atomic mass is 10.0. The van der Waals surface area contributed by atoms with Gasteiger partial charge in [0.15, 0.2) is 0 Å². The van der Waals surface area contributed by atoms with Gasteiger partial charge in [-0.05, 0) is 35.4 Å². The van der Waals surface area contributed by atoms with Gasteiger partial charge in [0, 0.05) is 17.4 Å². The van der Waals surface area contributed by atoms with Crippen LogP contribution in [0.25, 0.3) is 10.8 Å². The van der Waals surface area contributed by atoms with Gasteiger partial charge in [-0.15, -0.1) is 11.3 Å². The molecule has 1 aromatic heterocycles. The molecule has 0 bridgehead atoms. The van der Waals surface area contributed by atoms with Crippen molar-refractivity contribution in [3.63, 3.8) is 0 Å². The first-order valence-corrected chi connectivity index (χ1v) is 9.98. The molecule has 4 rings (SSSR count). The van der Waals surface area contributed by atoms with Gasteiger partial charge in [0.25, 0.3) is 0 Å². The molecule has 4 aromatic rings. The lowest BCUT2D eigenvalue weighted by molar-refractivity contribution is -0.115. The average molecular weight is 408 g/mol. The monoisotopic (exact) mass is 408 g/mol. The number of amides is 1. The number of nitrogens with zero attached hydrogens (tertiary/aromatic N) is 1. The first-order chi connectivity index (χ1) is 14.0. The number of benzene rings is 3. The van der Waals surface area contributed by atoms with E-state index in [1.165, 1.54) is 33.7 Å². The van der Waals surface area contributed by atoms with Gasteiger partial charge in [-0.1, -0.05) is 42.5 Å². The summed E-state index contributed by atoms with van der Waals surface area (Å²) in [6.07, 6.45) is 0.775. The molecule has 0 atom stereocenters. The van der Waals surface area contributed by atoms with E-state index in [1.54, 1.807) is 0 Å². The zero-order valence-corrected chi connectivity index (χ0v) is 16.5. The fourth-order valence-electron chi connectivity index (χ4n) is 3.27. The Hall–Kier alpha value is -3.12. The topological polar surface area (TPSA) is 42.0 Å². The summed E-state index contributed by atoms with van der Waals surface area (Å²) < 4.78 is 26.7. The van der Waals surface area contributed by atoms with E-state index in [-0.39, 0.29) is 18.0 Å². The van der Waals surface area contributed by atoms with Gasteiger partial charge in [0.2, 0.25) is 5.91 Å². The standard InChI is InChI=1S/C23H18F2N2OS/c1-14-21(13-22(28)27-20-10-9-17(24)12-19(20)25)29-23(26-14)11-16-7-4-6-15-5-2-3-8-18(15)16/h2-10,12H,11,13H2,1H3,(H,27,28). The first kappa shape index (κ1) is 19.2. The highest BCUT2D eigenvalue weighted by molar-refractivity contribution is 7.11. The number of anilines is 1. The van der Waals surface area contributed by atoms with Crippen LogP contribution in [0.2, 0.25) is 0 Å². The summed E-state index contributed by atoms with van der Waals surface area (Å²) in [5.41, 5.74) is 1.94. The van der Waals surface area contributed by atoms with Crippen LogP contribution in [0.15, 0.2) is 60.7 Å². The summed E-state index contributed by atoms with van der Waals surface area (Å²) >= 11 is 1.48. The summed E-state index contributed by atoms with van der Waals surface area (Å²) in [5.74, 6) is -1.84. The molecule has 0 aliphatic carbocycles. The molecule has 0 radical (unpaired) electrons. The van der Waals surface area contributed by atoms with E-state index in [9.17, 15) is 13.6 Å². The first-order valence-electron chi connectivity index (χ1n) is 9.16. The van der Waals surface area contributed by atoms with Gasteiger partial charge in [-0.2, -0.15) is 0 Å². The van der Waals surface area contributed by atoms with Crippen molar-refractivity contribution < 1.29 is 13.6 Å². The smallest absolute Gasteiger partial charge is 0.229 e. The minimum atomic E-state index is -0.795. The third-order valence-corrected chi connectivity index (χ3v) is 5.84. The Morgan fingerprint density at radius 2 is 1.86 bits per heavy atom. The summed E-state index contributed by atoms with van der Waals surface area (Å²) in [4.78, 5) is 17.8. The largest absolute Gasteiger partial charge is 0.323 e. The van der Waals surface area contributed by atoms with Crippen LogP contribution in [0.4, 0.5) is 14.5 Å². The third-order valence-electron chi connectivity index (χ3n) is 4.68. The summed E-state index contributed by atoms with van der Waals surface area (Å²) in [6, 6.07) is 17.5. The van der Waals surface area contributed by atoms with Crippen LogP contribution in [0.3, 0.4) is 0 Å². The number of carbonyl (C=O) groups excluding carboxylic acids is 1. The van der Waals surface area contributed by atoms with E-state index in [4.69, 9.17) is 0 Å². The van der Waals surface area contributed by atoms with Gasteiger partial charge >= 0.3 is 0 Å². The molecule has 0 aliphatic heterocycles. The SMILES string of the molecule is Cc1nc(Cc2cccc3ccccc23)sc1CC(=O)Nc1ccc(F)cc1F. The molecule has 3 nitrogen and oxygen atoms in total. The normalized spacial score (nSPS) is 11.0. The maximum absolute atomic E-state index is 13.7. The molecule has 0 saturated carbocycles. The third kappa shape index (κ3) is 4.32. The Bertz CT molecular complexity index is 1200. The Balaban J connectivity index is 1.49. The van der Waals surface area contributed by atoms with Crippen molar-refractivity contribution in [1.29, 1.82) is 0 Å². The van der Waals surface area contributed by atoms with Crippen molar-refractivity contribution in [2.24, 2.45) is 0 Å². The van der Waals surface area contributed by atoms with Gasteiger partial charge < -0.3 is 5.32 Å². The van der Waals surface area contributed by atoms with E-state index in [2.05, 4.69) is 34.6 Å². The van der Waals surface area contributed by atoms with Crippen LogP contribution < -0.4 is 5.32 Å². The van der Waals surface area contributed by atoms with E-state index < -0.39 is 11.6 Å². The van der Waals surface area contributed by atoms with Crippen LogP contribution in [0.5, 0.6) is 0 Å². The van der Waals surface area contributed by atoms with Crippen molar-refractivity contribution in [2.45, 2.75) is 19.8 Å². The minimum absolute atomic E-state index is 0.0328. The summed E-state index contributed by atoms with van der Waals surface area (Å²) in [7, 11) is 0. The van der Waals surface area contributed by atoms with E-state index in [0.29, 0.717) is 6.42 Å². The lowest BCUT2D eigenvalue weighted by Crippen LogP contribution is -2.15. The molecule has 146 valence electrons. The fourth-order valence-corrected chi connectivity index (χ4v) is 4.36. The molecule has 0 saturated heterocycles. The van der Waals surface area contributed by atoms with Gasteiger partial charge in [0.1, 0.15) is 11.6 Å². The van der Waals surface area contributed by atoms with Crippen LogP contribution in [-0.4, -0.2) is 10.9 Å². The maximum atomic E-state index is 13.7. The number of halogens is 2. The molecule has 0 unspecified atom stereocenters. The molecular formula is C23H18F2N2OS. The van der Waals surface area contributed by atoms with Gasteiger partial charge in [-0.3, -0.25) is 4.79 Å². The highest BCUT2D eigenvalue weighted by Gasteiger charge is 2.14. The van der Waals surface area contributed by atoms with E-state index >= 15 is 0 Å². The van der Waals surface area contributed by atoms with Crippen molar-refractivity contribution >= 4 is 33.7 Å². The molecule has 1 heterocycles. The number of aryl methyl sites for hydroxylation is 1. The van der Waals surface area contributed by atoms with E-state index in [1.807, 2.05) is 25.1 Å². The highest BCUT2D eigenvalue weighted by Crippen LogP contribution is 2.26. The second-order valence-corrected chi connectivity index (χ2v) is 7.95. The maximum Gasteiger partial charge on any atom is 0.229 e. The zero-order chi connectivity index (χ0) is 20.4. The molecule has 0 spiro atoms. The number of aromatic nitrogens is 1. The predicted octanol–water partition coefficient (Wildman–Crippen LogP) is 5.65. The molecular weight excluding hydrogens is 390 g/mol. The minimum Gasteiger partial charge on any atom is -0.323 e. The molecule has 3 aromatic carbocycles. The highest BCUT2D eigenvalue weighted by atomic mass is 32.1. The Morgan fingerprint density at radius 1 is 1.07 bits per heavy atom. The van der Waals surface area contributed by atoms with E-state index in [0.717, 1.165) is 27.7 Å². The fraction of sp³-hybridized carbons (Fsp3) is 0.130. The average Bonchev–Trinajstić information content (AvgIpc) is 3.03.